The van der Waals surface area contributed by atoms with E-state index in [1.807, 2.05) is 36.4 Å². The number of nitrogens with one attached hydrogen (secondary N) is 2. The van der Waals surface area contributed by atoms with Crippen LogP contribution in [0, 0.1) is 0 Å². The van der Waals surface area contributed by atoms with Gasteiger partial charge in [0.15, 0.2) is 11.6 Å². The summed E-state index contributed by atoms with van der Waals surface area (Å²) in [4.78, 5) is 9.92. The Morgan fingerprint density at radius 1 is 0.800 bits per heavy atom. The highest BCUT2D eigenvalue weighted by atomic mass is 32.2. The molecule has 0 saturated heterocycles. The Balaban J connectivity index is 1.72. The molecular weight excluding hydrogens is 413 g/mol. The Morgan fingerprint density at radius 3 is 2.10 bits per heavy atom. The monoisotopic (exact) mass is 428 g/mol. The number of para-hydroxylation sites is 2. The van der Waals surface area contributed by atoms with Crippen LogP contribution in [0.4, 0.5) is 30.5 Å². The molecule has 0 fully saturated rings. The summed E-state index contributed by atoms with van der Waals surface area (Å²) in [6.45, 7) is 0. The molecule has 0 aliphatic heterocycles. The molecule has 4 rings (SSSR count). The fourth-order valence-electron chi connectivity index (χ4n) is 2.69. The molecule has 30 heavy (non-hydrogen) atoms. The van der Waals surface area contributed by atoms with Crippen LogP contribution in [0.5, 0.6) is 5.75 Å². The van der Waals surface area contributed by atoms with Crippen LogP contribution in [-0.2, 0) is 6.18 Å². The van der Waals surface area contributed by atoms with Crippen molar-refractivity contribution < 1.29 is 18.3 Å². The molecule has 3 aromatic carbocycles. The quantitative estimate of drug-likeness (QED) is 0.259. The minimum absolute atomic E-state index is 0.123. The van der Waals surface area contributed by atoms with Crippen molar-refractivity contribution in [1.82, 2.24) is 9.97 Å². The van der Waals surface area contributed by atoms with Gasteiger partial charge in [0, 0.05) is 4.90 Å². The van der Waals surface area contributed by atoms with E-state index in [1.54, 1.807) is 18.2 Å². The minimum Gasteiger partial charge on any atom is -0.506 e. The van der Waals surface area contributed by atoms with Crippen molar-refractivity contribution in [3.63, 3.8) is 0 Å². The maximum Gasteiger partial charge on any atom is 0.416 e. The summed E-state index contributed by atoms with van der Waals surface area (Å²) in [5.74, 6) is 0.172. The van der Waals surface area contributed by atoms with Crippen molar-refractivity contribution >= 4 is 40.3 Å². The van der Waals surface area contributed by atoms with Crippen molar-refractivity contribution in [2.24, 2.45) is 0 Å². The van der Waals surface area contributed by atoms with Crippen LogP contribution in [0.3, 0.4) is 0 Å². The highest BCUT2D eigenvalue weighted by Crippen LogP contribution is 2.37. The van der Waals surface area contributed by atoms with Crippen LogP contribution in [-0.4, -0.2) is 15.1 Å². The van der Waals surface area contributed by atoms with Crippen LogP contribution in [0.2, 0.25) is 0 Å². The first kappa shape index (κ1) is 19.8. The van der Waals surface area contributed by atoms with Gasteiger partial charge in [-0.2, -0.15) is 13.2 Å². The molecule has 0 saturated carbocycles. The molecule has 0 radical (unpaired) electrons. The predicted molar refractivity (Wildman–Crippen MR) is 112 cm³/mol. The summed E-state index contributed by atoms with van der Waals surface area (Å²) in [6, 6.07) is 19.2. The molecule has 152 valence electrons. The number of fused-ring (bicyclic) bond motifs is 1. The van der Waals surface area contributed by atoms with E-state index in [0.29, 0.717) is 16.9 Å². The fraction of sp³-hybridized carbons (Fsp3) is 0.0476. The van der Waals surface area contributed by atoms with Gasteiger partial charge in [-0.15, -0.1) is 0 Å². The van der Waals surface area contributed by atoms with E-state index < -0.39 is 11.7 Å². The van der Waals surface area contributed by atoms with E-state index in [1.165, 1.54) is 11.9 Å². The Morgan fingerprint density at radius 2 is 1.43 bits per heavy atom. The first-order valence-corrected chi connectivity index (χ1v) is 9.64. The number of anilines is 3. The number of hydrogen-bond donors (Lipinski definition) is 3. The molecule has 0 atom stereocenters. The normalized spacial score (nSPS) is 11.4. The summed E-state index contributed by atoms with van der Waals surface area (Å²) >= 11 is 1.28. The highest BCUT2D eigenvalue weighted by molar-refractivity contribution is 8.00. The number of aromatic hydroxyl groups is 1. The average Bonchev–Trinajstić information content (AvgIpc) is 2.73. The molecule has 0 aliphatic carbocycles. The largest absolute Gasteiger partial charge is 0.506 e. The Bertz CT molecular complexity index is 1190. The van der Waals surface area contributed by atoms with Crippen LogP contribution in [0.15, 0.2) is 77.7 Å². The summed E-state index contributed by atoms with van der Waals surface area (Å²) in [6.07, 6.45) is -4.54. The Hall–Kier alpha value is -3.46. The molecule has 0 aliphatic rings. The first-order chi connectivity index (χ1) is 14.4. The van der Waals surface area contributed by atoms with Gasteiger partial charge in [-0.05, 0) is 54.4 Å². The van der Waals surface area contributed by atoms with Gasteiger partial charge >= 0.3 is 6.18 Å². The van der Waals surface area contributed by atoms with Crippen LogP contribution < -0.4 is 10.0 Å². The third-order valence-electron chi connectivity index (χ3n) is 4.16. The van der Waals surface area contributed by atoms with Crippen molar-refractivity contribution in [2.75, 3.05) is 10.0 Å². The van der Waals surface area contributed by atoms with E-state index in [-0.39, 0.29) is 17.3 Å². The third kappa shape index (κ3) is 4.41. The second-order valence-corrected chi connectivity index (χ2v) is 7.16. The lowest BCUT2D eigenvalue weighted by atomic mass is 10.2. The minimum atomic E-state index is -4.54. The maximum absolute atomic E-state index is 13.1. The smallest absolute Gasteiger partial charge is 0.416 e. The molecular formula is C21H15F3N4OS. The molecule has 9 heteroatoms. The van der Waals surface area contributed by atoms with E-state index in [2.05, 4.69) is 20.0 Å². The van der Waals surface area contributed by atoms with Crippen molar-refractivity contribution in [3.05, 3.63) is 78.4 Å². The SMILES string of the molecule is Oc1ccc(C(F)(F)F)cc1Nc1nc2ccccc2nc1NSc1ccccc1. The third-order valence-corrected chi connectivity index (χ3v) is 4.96. The lowest BCUT2D eigenvalue weighted by Crippen LogP contribution is -2.06. The molecule has 0 unspecified atom stereocenters. The lowest BCUT2D eigenvalue weighted by molar-refractivity contribution is -0.137. The number of alkyl halides is 3. The second kappa shape index (κ2) is 8.11. The molecule has 0 amide bonds. The van der Waals surface area contributed by atoms with E-state index >= 15 is 0 Å². The average molecular weight is 428 g/mol. The molecule has 1 heterocycles. The van der Waals surface area contributed by atoms with E-state index in [0.717, 1.165) is 23.1 Å². The maximum atomic E-state index is 13.1. The molecule has 0 bridgehead atoms. The second-order valence-electron chi connectivity index (χ2n) is 6.28. The van der Waals surface area contributed by atoms with Crippen LogP contribution in [0.25, 0.3) is 11.0 Å². The van der Waals surface area contributed by atoms with Gasteiger partial charge in [0.2, 0.25) is 0 Å². The van der Waals surface area contributed by atoms with Crippen molar-refractivity contribution in [3.8, 4) is 5.75 Å². The summed E-state index contributed by atoms with van der Waals surface area (Å²) in [7, 11) is 0. The summed E-state index contributed by atoms with van der Waals surface area (Å²) < 4.78 is 42.3. The van der Waals surface area contributed by atoms with E-state index in [4.69, 9.17) is 0 Å². The number of hydrogen-bond acceptors (Lipinski definition) is 6. The highest BCUT2D eigenvalue weighted by Gasteiger charge is 2.31. The lowest BCUT2D eigenvalue weighted by Gasteiger charge is -2.15. The molecule has 4 aromatic rings. The number of benzene rings is 3. The zero-order chi connectivity index (χ0) is 21.1. The fourth-order valence-corrected chi connectivity index (χ4v) is 3.34. The van der Waals surface area contributed by atoms with Crippen molar-refractivity contribution in [2.45, 2.75) is 11.1 Å². The zero-order valence-electron chi connectivity index (χ0n) is 15.3. The van der Waals surface area contributed by atoms with Gasteiger partial charge in [-0.1, -0.05) is 30.3 Å². The Labute approximate surface area is 174 Å². The van der Waals surface area contributed by atoms with Gasteiger partial charge in [0.05, 0.1) is 22.3 Å². The summed E-state index contributed by atoms with van der Waals surface area (Å²) in [5, 5.41) is 12.9. The zero-order valence-corrected chi connectivity index (χ0v) is 16.1. The van der Waals surface area contributed by atoms with Gasteiger partial charge in [0.25, 0.3) is 0 Å². The van der Waals surface area contributed by atoms with Gasteiger partial charge < -0.3 is 15.1 Å². The van der Waals surface area contributed by atoms with Crippen molar-refractivity contribution in [1.29, 1.82) is 0 Å². The van der Waals surface area contributed by atoms with Gasteiger partial charge in [0.1, 0.15) is 5.75 Å². The molecule has 0 spiro atoms. The Kier molecular flexibility index (Phi) is 5.37. The number of rotatable bonds is 5. The molecule has 3 N–H and O–H groups in total. The number of phenols is 1. The number of phenolic OH excluding ortho intramolecular Hbond substituents is 1. The number of aromatic nitrogens is 2. The predicted octanol–water partition coefficient (Wildman–Crippen LogP) is 6.22. The standard InChI is InChI=1S/C21H15F3N4OS/c22-21(23,24)13-10-11-18(29)17(12-13)27-19-20(28-30-14-6-2-1-3-7-14)26-16-9-5-4-8-15(16)25-19/h1-12,29H,(H,25,27)(H,26,28). The summed E-state index contributed by atoms with van der Waals surface area (Å²) in [5.41, 5.74) is 0.168. The van der Waals surface area contributed by atoms with E-state index in [9.17, 15) is 18.3 Å². The number of halogens is 3. The molecule has 5 nitrogen and oxygen atoms in total. The number of nitrogens with zero attached hydrogens (tertiary/aromatic N) is 2. The topological polar surface area (TPSA) is 70.1 Å². The van der Waals surface area contributed by atoms with Gasteiger partial charge in [-0.3, -0.25) is 0 Å². The first-order valence-electron chi connectivity index (χ1n) is 8.82. The van der Waals surface area contributed by atoms with Crippen LogP contribution in [0.1, 0.15) is 5.56 Å². The van der Waals surface area contributed by atoms with Crippen LogP contribution >= 0.6 is 11.9 Å². The van der Waals surface area contributed by atoms with Gasteiger partial charge in [-0.25, -0.2) is 9.97 Å². The molecule has 1 aromatic heterocycles.